The quantitative estimate of drug-likeness (QED) is 0.198. The summed E-state index contributed by atoms with van der Waals surface area (Å²) < 4.78 is 29.7. The summed E-state index contributed by atoms with van der Waals surface area (Å²) in [6, 6.07) is 4.58. The molecule has 2 rings (SSSR count). The number of unbranched alkanes of at least 4 members (excludes halogenated alkanes) is 1. The molecule has 0 radical (unpaired) electrons. The molecular formula is C20H33ClF2IN5O. The van der Waals surface area contributed by atoms with Crippen molar-refractivity contribution in [2.45, 2.75) is 32.9 Å². The summed E-state index contributed by atoms with van der Waals surface area (Å²) >= 11 is 5.98. The summed E-state index contributed by atoms with van der Waals surface area (Å²) in [5.74, 6) is 0.722. The molecule has 1 aliphatic rings. The Morgan fingerprint density at radius 2 is 1.87 bits per heavy atom. The maximum Gasteiger partial charge on any atom is 0.387 e. The van der Waals surface area contributed by atoms with Crippen molar-refractivity contribution in [2.75, 3.05) is 52.9 Å². The number of nitrogens with one attached hydrogen (secondary N) is 2. The number of alkyl halides is 2. The van der Waals surface area contributed by atoms with Gasteiger partial charge in [-0.3, -0.25) is 4.99 Å². The molecule has 172 valence electrons. The molecule has 0 amide bonds. The van der Waals surface area contributed by atoms with Gasteiger partial charge in [0.15, 0.2) is 5.96 Å². The molecule has 1 fully saturated rings. The van der Waals surface area contributed by atoms with Crippen LogP contribution in [0.2, 0.25) is 5.02 Å². The number of rotatable bonds is 10. The van der Waals surface area contributed by atoms with Gasteiger partial charge in [-0.1, -0.05) is 18.5 Å². The van der Waals surface area contributed by atoms with Crippen LogP contribution in [0.1, 0.15) is 25.3 Å². The Labute approximate surface area is 200 Å². The monoisotopic (exact) mass is 559 g/mol. The summed E-state index contributed by atoms with van der Waals surface area (Å²) in [6.07, 6.45) is 2.16. The number of hydrogen-bond donors (Lipinski definition) is 2. The standard InChI is InChI=1S/C20H32ClF2N5O.HI/c1-3-27-10-12-28(13-11-27)9-5-4-8-25-20(24-2)26-15-16-14-17(21)6-7-18(16)29-19(22)23;/h6-7,14,19H,3-5,8-13,15H2,1-2H3,(H2,24,25,26);1H. The molecule has 1 aromatic rings. The fourth-order valence-electron chi connectivity index (χ4n) is 3.29. The lowest BCUT2D eigenvalue weighted by Crippen LogP contribution is -2.46. The smallest absolute Gasteiger partial charge is 0.387 e. The Hall–Kier alpha value is -0.910. The Kier molecular flexibility index (Phi) is 13.5. The average Bonchev–Trinajstić information content (AvgIpc) is 2.72. The van der Waals surface area contributed by atoms with Crippen LogP contribution in [0.15, 0.2) is 23.2 Å². The van der Waals surface area contributed by atoms with Crippen molar-refractivity contribution in [3.8, 4) is 5.75 Å². The number of likely N-dealkylation sites (N-methyl/N-ethyl adjacent to an activating group) is 1. The van der Waals surface area contributed by atoms with Gasteiger partial charge >= 0.3 is 6.61 Å². The van der Waals surface area contributed by atoms with E-state index in [0.29, 0.717) is 16.5 Å². The summed E-state index contributed by atoms with van der Waals surface area (Å²) in [4.78, 5) is 9.17. The number of piperazine rings is 1. The summed E-state index contributed by atoms with van der Waals surface area (Å²) in [7, 11) is 1.68. The third kappa shape index (κ3) is 9.93. The molecule has 0 bridgehead atoms. The number of guanidine groups is 1. The van der Waals surface area contributed by atoms with Gasteiger partial charge in [-0.25, -0.2) is 0 Å². The van der Waals surface area contributed by atoms with Crippen molar-refractivity contribution in [3.63, 3.8) is 0 Å². The minimum absolute atomic E-state index is 0. The van der Waals surface area contributed by atoms with E-state index >= 15 is 0 Å². The Balaban J connectivity index is 0.00000450. The third-order valence-electron chi connectivity index (χ3n) is 5.01. The molecule has 1 aliphatic heterocycles. The first-order valence-electron chi connectivity index (χ1n) is 10.1. The van der Waals surface area contributed by atoms with Crippen LogP contribution in [0.4, 0.5) is 8.78 Å². The van der Waals surface area contributed by atoms with Gasteiger partial charge in [-0.15, -0.1) is 24.0 Å². The van der Waals surface area contributed by atoms with E-state index in [-0.39, 0.29) is 36.3 Å². The zero-order chi connectivity index (χ0) is 21.1. The molecule has 0 unspecified atom stereocenters. The SMILES string of the molecule is CCN1CCN(CCCCNC(=NC)NCc2cc(Cl)ccc2OC(F)F)CC1.I. The minimum atomic E-state index is -2.88. The van der Waals surface area contributed by atoms with Crippen LogP contribution < -0.4 is 15.4 Å². The molecule has 6 nitrogen and oxygen atoms in total. The Morgan fingerprint density at radius 3 is 2.50 bits per heavy atom. The van der Waals surface area contributed by atoms with E-state index in [1.54, 1.807) is 13.1 Å². The van der Waals surface area contributed by atoms with Crippen molar-refractivity contribution < 1.29 is 13.5 Å². The van der Waals surface area contributed by atoms with Crippen LogP contribution in [-0.4, -0.2) is 75.2 Å². The van der Waals surface area contributed by atoms with Crippen LogP contribution in [0, 0.1) is 0 Å². The number of nitrogens with zero attached hydrogens (tertiary/aromatic N) is 3. The normalized spacial score (nSPS) is 15.7. The molecule has 1 saturated heterocycles. The van der Waals surface area contributed by atoms with Crippen LogP contribution in [0.25, 0.3) is 0 Å². The molecule has 0 atom stereocenters. The summed E-state index contributed by atoms with van der Waals surface area (Å²) in [6.45, 7) is 7.27. The number of halogens is 4. The molecule has 1 aromatic carbocycles. The van der Waals surface area contributed by atoms with Gasteiger partial charge in [0.05, 0.1) is 0 Å². The molecule has 0 aliphatic carbocycles. The minimum Gasteiger partial charge on any atom is -0.434 e. The zero-order valence-electron chi connectivity index (χ0n) is 17.7. The highest BCUT2D eigenvalue weighted by molar-refractivity contribution is 14.0. The van der Waals surface area contributed by atoms with Crippen LogP contribution >= 0.6 is 35.6 Å². The Morgan fingerprint density at radius 1 is 1.17 bits per heavy atom. The van der Waals surface area contributed by atoms with Crippen molar-refractivity contribution in [2.24, 2.45) is 4.99 Å². The van der Waals surface area contributed by atoms with Crippen molar-refractivity contribution in [3.05, 3.63) is 28.8 Å². The van der Waals surface area contributed by atoms with Gasteiger partial charge < -0.3 is 25.2 Å². The van der Waals surface area contributed by atoms with Gasteiger partial charge in [0.1, 0.15) is 5.75 Å². The van der Waals surface area contributed by atoms with Gasteiger partial charge in [-0.05, 0) is 44.1 Å². The van der Waals surface area contributed by atoms with E-state index in [2.05, 4.69) is 37.1 Å². The molecule has 0 spiro atoms. The van der Waals surface area contributed by atoms with E-state index in [1.807, 2.05) is 0 Å². The average molecular weight is 560 g/mol. The lowest BCUT2D eigenvalue weighted by molar-refractivity contribution is -0.0504. The molecule has 0 aromatic heterocycles. The van der Waals surface area contributed by atoms with Crippen LogP contribution in [0.3, 0.4) is 0 Å². The first kappa shape index (κ1) is 27.1. The highest BCUT2D eigenvalue weighted by Crippen LogP contribution is 2.24. The maximum absolute atomic E-state index is 12.6. The highest BCUT2D eigenvalue weighted by Gasteiger charge is 2.14. The van der Waals surface area contributed by atoms with E-state index in [0.717, 1.165) is 58.7 Å². The molecular weight excluding hydrogens is 527 g/mol. The number of aliphatic imine (C=N–C) groups is 1. The number of ether oxygens (including phenoxy) is 1. The lowest BCUT2D eigenvalue weighted by atomic mass is 10.2. The van der Waals surface area contributed by atoms with Gasteiger partial charge in [0, 0.05) is 56.9 Å². The van der Waals surface area contributed by atoms with E-state index < -0.39 is 6.61 Å². The second kappa shape index (κ2) is 15.0. The maximum atomic E-state index is 12.6. The van der Waals surface area contributed by atoms with E-state index in [1.165, 1.54) is 12.1 Å². The van der Waals surface area contributed by atoms with Crippen molar-refractivity contribution in [1.82, 2.24) is 20.4 Å². The second-order valence-electron chi connectivity index (χ2n) is 6.97. The molecule has 30 heavy (non-hydrogen) atoms. The van der Waals surface area contributed by atoms with Crippen molar-refractivity contribution in [1.29, 1.82) is 0 Å². The Bertz CT molecular complexity index is 646. The fraction of sp³-hybridized carbons (Fsp3) is 0.650. The molecule has 1 heterocycles. The van der Waals surface area contributed by atoms with Crippen LogP contribution in [-0.2, 0) is 6.54 Å². The highest BCUT2D eigenvalue weighted by atomic mass is 127. The number of hydrogen-bond acceptors (Lipinski definition) is 4. The number of benzene rings is 1. The van der Waals surface area contributed by atoms with Gasteiger partial charge in [-0.2, -0.15) is 8.78 Å². The van der Waals surface area contributed by atoms with Crippen LogP contribution in [0.5, 0.6) is 5.75 Å². The summed E-state index contributed by atoms with van der Waals surface area (Å²) in [5, 5.41) is 6.84. The van der Waals surface area contributed by atoms with Gasteiger partial charge in [0.2, 0.25) is 0 Å². The largest absolute Gasteiger partial charge is 0.434 e. The molecule has 0 saturated carbocycles. The molecule has 2 N–H and O–H groups in total. The second-order valence-corrected chi connectivity index (χ2v) is 7.40. The first-order valence-corrected chi connectivity index (χ1v) is 10.5. The van der Waals surface area contributed by atoms with Crippen molar-refractivity contribution >= 4 is 41.5 Å². The van der Waals surface area contributed by atoms with E-state index in [4.69, 9.17) is 11.6 Å². The van der Waals surface area contributed by atoms with Gasteiger partial charge in [0.25, 0.3) is 0 Å². The predicted octanol–water partition coefficient (Wildman–Crippen LogP) is 3.64. The van der Waals surface area contributed by atoms with E-state index in [9.17, 15) is 8.78 Å². The molecule has 10 heteroatoms. The topological polar surface area (TPSA) is 52.1 Å². The lowest BCUT2D eigenvalue weighted by Gasteiger charge is -2.34. The third-order valence-corrected chi connectivity index (χ3v) is 5.25. The zero-order valence-corrected chi connectivity index (χ0v) is 20.8. The fourth-order valence-corrected chi connectivity index (χ4v) is 3.49. The first-order chi connectivity index (χ1) is 14.0. The summed E-state index contributed by atoms with van der Waals surface area (Å²) in [5.41, 5.74) is 0.548. The predicted molar refractivity (Wildman–Crippen MR) is 129 cm³/mol.